The van der Waals surface area contributed by atoms with E-state index in [0.29, 0.717) is 12.3 Å². The monoisotopic (exact) mass is 227 g/mol. The van der Waals surface area contributed by atoms with Crippen LogP contribution in [0.25, 0.3) is 0 Å². The molecule has 0 radical (unpaired) electrons. The van der Waals surface area contributed by atoms with E-state index >= 15 is 0 Å². The van der Waals surface area contributed by atoms with Crippen LogP contribution in [0.3, 0.4) is 0 Å². The van der Waals surface area contributed by atoms with Crippen LogP contribution in [-0.4, -0.2) is 42.5 Å². The first-order valence-electron chi connectivity index (χ1n) is 6.26. The van der Waals surface area contributed by atoms with Crippen molar-refractivity contribution < 1.29 is 4.79 Å². The summed E-state index contributed by atoms with van der Waals surface area (Å²) in [6.07, 6.45) is 1.73. The Morgan fingerprint density at radius 2 is 2.25 bits per heavy atom. The Kier molecular flexibility index (Phi) is 5.22. The minimum atomic E-state index is 0.141. The van der Waals surface area contributed by atoms with Crippen LogP contribution in [0.15, 0.2) is 0 Å². The highest BCUT2D eigenvalue weighted by Gasteiger charge is 2.23. The third-order valence-corrected chi connectivity index (χ3v) is 3.21. The van der Waals surface area contributed by atoms with Gasteiger partial charge in [0.05, 0.1) is 0 Å². The van der Waals surface area contributed by atoms with Crippen molar-refractivity contribution in [3.05, 3.63) is 0 Å². The first-order valence-corrected chi connectivity index (χ1v) is 6.26. The standard InChI is InChI=1S/C12H25N3O/c1-9(2)14-12(16)5-7-15-6-4-10(3)11(13)8-15/h9-11H,4-8,13H2,1-3H3,(H,14,16). The smallest absolute Gasteiger partial charge is 0.221 e. The van der Waals surface area contributed by atoms with Crippen LogP contribution in [0.2, 0.25) is 0 Å². The first kappa shape index (κ1) is 13.5. The van der Waals surface area contributed by atoms with Gasteiger partial charge in [-0.1, -0.05) is 6.92 Å². The molecule has 1 aliphatic heterocycles. The van der Waals surface area contributed by atoms with Crippen LogP contribution in [0.4, 0.5) is 0 Å². The molecule has 2 unspecified atom stereocenters. The van der Waals surface area contributed by atoms with Crippen molar-refractivity contribution in [1.82, 2.24) is 10.2 Å². The zero-order valence-corrected chi connectivity index (χ0v) is 10.7. The molecule has 0 aromatic heterocycles. The van der Waals surface area contributed by atoms with Crippen molar-refractivity contribution in [2.24, 2.45) is 11.7 Å². The number of hydrogen-bond donors (Lipinski definition) is 2. The summed E-state index contributed by atoms with van der Waals surface area (Å²) < 4.78 is 0. The maximum atomic E-state index is 11.5. The molecule has 0 spiro atoms. The van der Waals surface area contributed by atoms with Crippen LogP contribution in [0, 0.1) is 5.92 Å². The maximum absolute atomic E-state index is 11.5. The molecule has 4 nitrogen and oxygen atoms in total. The molecule has 1 heterocycles. The molecule has 0 bridgehead atoms. The fraction of sp³-hybridized carbons (Fsp3) is 0.917. The second kappa shape index (κ2) is 6.21. The van der Waals surface area contributed by atoms with Crippen molar-refractivity contribution in [2.75, 3.05) is 19.6 Å². The van der Waals surface area contributed by atoms with Crippen LogP contribution in [0.1, 0.15) is 33.6 Å². The summed E-state index contributed by atoms with van der Waals surface area (Å²) in [4.78, 5) is 13.8. The van der Waals surface area contributed by atoms with Gasteiger partial charge in [-0.3, -0.25) is 4.79 Å². The molecule has 16 heavy (non-hydrogen) atoms. The summed E-state index contributed by atoms with van der Waals surface area (Å²) in [6.45, 7) is 9.00. The second-order valence-corrected chi connectivity index (χ2v) is 5.20. The Morgan fingerprint density at radius 1 is 1.56 bits per heavy atom. The number of carbonyl (C=O) groups is 1. The lowest BCUT2D eigenvalue weighted by molar-refractivity contribution is -0.122. The number of amides is 1. The van der Waals surface area contributed by atoms with Crippen LogP contribution in [0.5, 0.6) is 0 Å². The molecule has 1 rings (SSSR count). The van der Waals surface area contributed by atoms with Crippen molar-refractivity contribution in [3.63, 3.8) is 0 Å². The molecule has 0 aromatic carbocycles. The van der Waals surface area contributed by atoms with Gasteiger partial charge < -0.3 is 16.0 Å². The van der Waals surface area contributed by atoms with Gasteiger partial charge in [-0.2, -0.15) is 0 Å². The number of likely N-dealkylation sites (tertiary alicyclic amines) is 1. The Balaban J connectivity index is 2.20. The van der Waals surface area contributed by atoms with Crippen molar-refractivity contribution in [1.29, 1.82) is 0 Å². The molecule has 4 heteroatoms. The molecule has 2 atom stereocenters. The lowest BCUT2D eigenvalue weighted by atomic mass is 9.94. The summed E-state index contributed by atoms with van der Waals surface area (Å²) in [5.74, 6) is 0.753. The van der Waals surface area contributed by atoms with Gasteiger partial charge >= 0.3 is 0 Å². The summed E-state index contributed by atoms with van der Waals surface area (Å²) in [5.41, 5.74) is 6.01. The molecule has 0 saturated carbocycles. The van der Waals surface area contributed by atoms with Gasteiger partial charge in [-0.05, 0) is 32.7 Å². The summed E-state index contributed by atoms with van der Waals surface area (Å²) >= 11 is 0. The lowest BCUT2D eigenvalue weighted by Crippen LogP contribution is -2.48. The van der Waals surface area contributed by atoms with E-state index in [2.05, 4.69) is 17.1 Å². The van der Waals surface area contributed by atoms with Gasteiger partial charge in [0, 0.05) is 31.6 Å². The van der Waals surface area contributed by atoms with Gasteiger partial charge in [0.1, 0.15) is 0 Å². The predicted octanol–water partition coefficient (Wildman–Crippen LogP) is 0.570. The summed E-state index contributed by atoms with van der Waals surface area (Å²) in [7, 11) is 0. The van der Waals surface area contributed by atoms with Gasteiger partial charge in [0.2, 0.25) is 5.91 Å². The number of nitrogens with zero attached hydrogens (tertiary/aromatic N) is 1. The van der Waals surface area contributed by atoms with E-state index in [1.54, 1.807) is 0 Å². The Morgan fingerprint density at radius 3 is 2.81 bits per heavy atom. The highest BCUT2D eigenvalue weighted by Crippen LogP contribution is 2.15. The highest BCUT2D eigenvalue weighted by molar-refractivity contribution is 5.76. The van der Waals surface area contributed by atoms with Crippen LogP contribution < -0.4 is 11.1 Å². The average molecular weight is 227 g/mol. The zero-order chi connectivity index (χ0) is 12.1. The fourth-order valence-corrected chi connectivity index (χ4v) is 2.03. The third-order valence-electron chi connectivity index (χ3n) is 3.21. The number of nitrogens with two attached hydrogens (primary N) is 1. The van der Waals surface area contributed by atoms with Crippen molar-refractivity contribution in [3.8, 4) is 0 Å². The Hall–Kier alpha value is -0.610. The first-order chi connectivity index (χ1) is 7.49. The zero-order valence-electron chi connectivity index (χ0n) is 10.7. The molecule has 0 aliphatic carbocycles. The molecule has 1 amide bonds. The second-order valence-electron chi connectivity index (χ2n) is 5.20. The van der Waals surface area contributed by atoms with Crippen LogP contribution in [-0.2, 0) is 4.79 Å². The number of piperidine rings is 1. The molecule has 3 N–H and O–H groups in total. The minimum Gasteiger partial charge on any atom is -0.354 e. The van der Waals surface area contributed by atoms with E-state index in [1.165, 1.54) is 0 Å². The molecule has 1 aliphatic rings. The predicted molar refractivity (Wildman–Crippen MR) is 66.1 cm³/mol. The van der Waals surface area contributed by atoms with E-state index in [1.807, 2.05) is 13.8 Å². The molecule has 0 aromatic rings. The van der Waals surface area contributed by atoms with Gasteiger partial charge in [0.15, 0.2) is 0 Å². The minimum absolute atomic E-state index is 0.141. The largest absolute Gasteiger partial charge is 0.354 e. The Bertz CT molecular complexity index is 230. The number of carbonyl (C=O) groups excluding carboxylic acids is 1. The molecular formula is C12H25N3O. The molecule has 1 saturated heterocycles. The number of nitrogens with one attached hydrogen (secondary N) is 1. The quantitative estimate of drug-likeness (QED) is 0.738. The molecular weight excluding hydrogens is 202 g/mol. The summed E-state index contributed by atoms with van der Waals surface area (Å²) in [5, 5.41) is 2.91. The summed E-state index contributed by atoms with van der Waals surface area (Å²) in [6, 6.07) is 0.498. The normalized spacial score (nSPS) is 27.1. The van der Waals surface area contributed by atoms with Crippen molar-refractivity contribution >= 4 is 5.91 Å². The Labute approximate surface area is 98.6 Å². The van der Waals surface area contributed by atoms with E-state index < -0.39 is 0 Å². The van der Waals surface area contributed by atoms with E-state index in [0.717, 1.165) is 26.1 Å². The maximum Gasteiger partial charge on any atom is 0.221 e. The van der Waals surface area contributed by atoms with Gasteiger partial charge in [-0.25, -0.2) is 0 Å². The average Bonchev–Trinajstić information content (AvgIpc) is 2.19. The fourth-order valence-electron chi connectivity index (χ4n) is 2.03. The van der Waals surface area contributed by atoms with Gasteiger partial charge in [-0.15, -0.1) is 0 Å². The van der Waals surface area contributed by atoms with Gasteiger partial charge in [0.25, 0.3) is 0 Å². The lowest BCUT2D eigenvalue weighted by Gasteiger charge is -2.34. The SMILES string of the molecule is CC(C)NC(=O)CCN1CCC(C)C(N)C1. The van der Waals surface area contributed by atoms with E-state index in [9.17, 15) is 4.79 Å². The van der Waals surface area contributed by atoms with E-state index in [4.69, 9.17) is 5.73 Å². The molecule has 94 valence electrons. The third kappa shape index (κ3) is 4.49. The molecule has 1 fully saturated rings. The number of hydrogen-bond acceptors (Lipinski definition) is 3. The number of rotatable bonds is 4. The topological polar surface area (TPSA) is 58.4 Å². The highest BCUT2D eigenvalue weighted by atomic mass is 16.1. The van der Waals surface area contributed by atoms with E-state index in [-0.39, 0.29) is 18.0 Å². The van der Waals surface area contributed by atoms with Crippen molar-refractivity contribution in [2.45, 2.75) is 45.7 Å². The van der Waals surface area contributed by atoms with Crippen LogP contribution >= 0.6 is 0 Å².